The third kappa shape index (κ3) is 16.2. The normalized spacial score (nSPS) is 17.1. The fourth-order valence-corrected chi connectivity index (χ4v) is 5.32. The van der Waals surface area contributed by atoms with E-state index in [4.69, 9.17) is 33.2 Å². The van der Waals surface area contributed by atoms with Gasteiger partial charge in [-0.2, -0.15) is 0 Å². The van der Waals surface area contributed by atoms with Crippen LogP contribution in [-0.2, 0) is 55.8 Å². The zero-order valence-electron chi connectivity index (χ0n) is 31.7. The zero-order valence-corrected chi connectivity index (χ0v) is 31.7. The van der Waals surface area contributed by atoms with Crippen LogP contribution < -0.4 is 5.32 Å². The van der Waals surface area contributed by atoms with Crippen molar-refractivity contribution < 1.29 is 47.5 Å². The number of rotatable bonds is 26. The van der Waals surface area contributed by atoms with Crippen LogP contribution in [0.1, 0.15) is 53.7 Å². The Hall–Kier alpha value is -2.73. The van der Waals surface area contributed by atoms with E-state index in [9.17, 15) is 14.4 Å². The minimum Gasteiger partial charge on any atom is -0.377 e. The highest BCUT2D eigenvalue weighted by atomic mass is 16.6. The van der Waals surface area contributed by atoms with Gasteiger partial charge in [-0.05, 0) is 16.7 Å². The summed E-state index contributed by atoms with van der Waals surface area (Å²) >= 11 is 0. The number of nitrogens with zero attached hydrogens (tertiary/aromatic N) is 5. The lowest BCUT2D eigenvalue weighted by atomic mass is 9.76. The van der Waals surface area contributed by atoms with Gasteiger partial charge in [0.1, 0.15) is 5.69 Å². The molecule has 51 heavy (non-hydrogen) atoms. The lowest BCUT2D eigenvalue weighted by Gasteiger charge is -2.46. The monoisotopic (exact) mass is 726 g/mol. The van der Waals surface area contributed by atoms with E-state index in [0.29, 0.717) is 117 Å². The van der Waals surface area contributed by atoms with E-state index in [1.54, 1.807) is 10.9 Å². The molecule has 0 saturated carbocycles. The van der Waals surface area contributed by atoms with Crippen LogP contribution in [-0.4, -0.2) is 155 Å². The zero-order chi connectivity index (χ0) is 37.1. The Morgan fingerprint density at radius 2 is 1.20 bits per heavy atom. The summed E-state index contributed by atoms with van der Waals surface area (Å²) in [6, 6.07) is -0.0210. The predicted molar refractivity (Wildman–Crippen MR) is 187 cm³/mol. The molecule has 2 aliphatic rings. The molecule has 0 aromatic carbocycles. The lowest BCUT2D eigenvalue weighted by Crippen LogP contribution is -2.57. The second-order valence-electron chi connectivity index (χ2n) is 14.9. The quantitative estimate of drug-likeness (QED) is 0.109. The molecule has 292 valence electrons. The summed E-state index contributed by atoms with van der Waals surface area (Å²) in [5.74, 6) is -0.0499. The van der Waals surface area contributed by atoms with Crippen LogP contribution in [0.25, 0.3) is 0 Å². The number of likely N-dealkylation sites (tertiary alicyclic amines) is 2. The Labute approximate surface area is 303 Å². The van der Waals surface area contributed by atoms with Gasteiger partial charge in [-0.3, -0.25) is 14.5 Å². The first-order valence-corrected chi connectivity index (χ1v) is 18.2. The summed E-state index contributed by atoms with van der Waals surface area (Å²) in [7, 11) is 0. The highest BCUT2D eigenvalue weighted by Crippen LogP contribution is 2.36. The second-order valence-corrected chi connectivity index (χ2v) is 14.9. The number of ether oxygens (including phenoxy) is 7. The number of carbonyl (C=O) groups excluding carboxylic acids is 3. The van der Waals surface area contributed by atoms with E-state index in [0.717, 1.165) is 13.1 Å². The van der Waals surface area contributed by atoms with Gasteiger partial charge in [-0.15, -0.1) is 5.10 Å². The molecule has 1 atom stereocenters. The van der Waals surface area contributed by atoms with E-state index >= 15 is 0 Å². The van der Waals surface area contributed by atoms with Crippen molar-refractivity contribution in [1.29, 1.82) is 0 Å². The van der Waals surface area contributed by atoms with Gasteiger partial charge in [-0.1, -0.05) is 46.8 Å². The Bertz CT molecular complexity index is 1160. The Balaban J connectivity index is 0.997. The molecule has 2 fully saturated rings. The van der Waals surface area contributed by atoms with Gasteiger partial charge in [0.05, 0.1) is 118 Å². The van der Waals surface area contributed by atoms with Crippen LogP contribution in [0.3, 0.4) is 0 Å². The number of imide groups is 1. The van der Waals surface area contributed by atoms with E-state index in [2.05, 4.69) is 36.4 Å². The van der Waals surface area contributed by atoms with Gasteiger partial charge < -0.3 is 43.4 Å². The summed E-state index contributed by atoms with van der Waals surface area (Å²) in [6.07, 6.45) is 1.97. The van der Waals surface area contributed by atoms with Crippen LogP contribution >= 0.6 is 0 Å². The molecular formula is C35H62N6O10. The molecule has 2 aliphatic heterocycles. The number of amides is 4. The molecular weight excluding hydrogens is 664 g/mol. The molecule has 16 nitrogen and oxygen atoms in total. The molecule has 16 heteroatoms. The molecule has 4 amide bonds. The van der Waals surface area contributed by atoms with Gasteiger partial charge in [0, 0.05) is 26.1 Å². The average Bonchev–Trinajstić information content (AvgIpc) is 3.61. The van der Waals surface area contributed by atoms with Crippen molar-refractivity contribution in [3.63, 3.8) is 0 Å². The van der Waals surface area contributed by atoms with E-state index < -0.39 is 0 Å². The molecule has 3 heterocycles. The summed E-state index contributed by atoms with van der Waals surface area (Å²) < 4.78 is 40.3. The van der Waals surface area contributed by atoms with Crippen molar-refractivity contribution in [2.75, 3.05) is 112 Å². The minimum atomic E-state index is -0.305. The molecule has 0 aliphatic carbocycles. The standard InChI is InChI=1S/C35H62N6O10/c1-34(2,3)28-24-39(25-28)33(44)36-7-9-45-11-13-47-15-17-49-19-21-51-22-20-50-18-16-48-14-12-46-10-8-40-26-29(37-38-40)27-41-31(42)23-30(32(41)43)35(4,5)6/h26,28,30H,7-25,27H2,1-6H3,(H,36,44). The summed E-state index contributed by atoms with van der Waals surface area (Å²) in [5.41, 5.74) is 0.551. The fourth-order valence-electron chi connectivity index (χ4n) is 5.32. The van der Waals surface area contributed by atoms with Gasteiger partial charge in [0.2, 0.25) is 11.8 Å². The van der Waals surface area contributed by atoms with Crippen molar-refractivity contribution >= 4 is 17.8 Å². The number of urea groups is 1. The molecule has 1 N–H and O–H groups in total. The van der Waals surface area contributed by atoms with Gasteiger partial charge >= 0.3 is 6.03 Å². The van der Waals surface area contributed by atoms with Crippen LogP contribution in [0.5, 0.6) is 0 Å². The molecule has 1 unspecified atom stereocenters. The van der Waals surface area contributed by atoms with Crippen molar-refractivity contribution in [3.05, 3.63) is 11.9 Å². The fraction of sp³-hybridized carbons (Fsp3) is 0.857. The topological polar surface area (TPSA) is 165 Å². The maximum Gasteiger partial charge on any atom is 0.317 e. The number of aromatic nitrogens is 3. The van der Waals surface area contributed by atoms with Crippen LogP contribution in [0.4, 0.5) is 4.79 Å². The summed E-state index contributed by atoms with van der Waals surface area (Å²) in [4.78, 5) is 40.3. The third-order valence-corrected chi connectivity index (χ3v) is 8.81. The second kappa shape index (κ2) is 22.4. The van der Waals surface area contributed by atoms with Gasteiger partial charge in [0.15, 0.2) is 0 Å². The first kappa shape index (κ1) is 42.7. The Morgan fingerprint density at radius 3 is 1.65 bits per heavy atom. The Morgan fingerprint density at radius 1 is 0.725 bits per heavy atom. The van der Waals surface area contributed by atoms with Gasteiger partial charge in [-0.25, -0.2) is 9.48 Å². The average molecular weight is 727 g/mol. The third-order valence-electron chi connectivity index (χ3n) is 8.81. The maximum absolute atomic E-state index is 12.7. The summed E-state index contributed by atoms with van der Waals surface area (Å²) in [5, 5.41) is 11.1. The number of carbonyl (C=O) groups is 3. The van der Waals surface area contributed by atoms with E-state index in [1.807, 2.05) is 25.7 Å². The first-order chi connectivity index (χ1) is 24.4. The van der Waals surface area contributed by atoms with E-state index in [1.165, 1.54) is 4.90 Å². The molecule has 0 radical (unpaired) electrons. The molecule has 2 saturated heterocycles. The van der Waals surface area contributed by atoms with Crippen molar-refractivity contribution in [2.45, 2.75) is 61.1 Å². The van der Waals surface area contributed by atoms with E-state index in [-0.39, 0.29) is 47.6 Å². The highest BCUT2D eigenvalue weighted by Gasteiger charge is 2.44. The summed E-state index contributed by atoms with van der Waals surface area (Å²) in [6.45, 7) is 21.8. The van der Waals surface area contributed by atoms with Gasteiger partial charge in [0.25, 0.3) is 0 Å². The minimum absolute atomic E-state index is 0.0210. The molecule has 1 aromatic heterocycles. The maximum atomic E-state index is 12.7. The lowest BCUT2D eigenvalue weighted by molar-refractivity contribution is -0.141. The molecule has 3 rings (SSSR count). The van der Waals surface area contributed by atoms with Crippen LogP contribution in [0, 0.1) is 22.7 Å². The van der Waals surface area contributed by atoms with Crippen LogP contribution in [0.2, 0.25) is 0 Å². The number of hydrogen-bond acceptors (Lipinski definition) is 12. The molecule has 0 bridgehead atoms. The number of nitrogens with one attached hydrogen (secondary N) is 1. The largest absolute Gasteiger partial charge is 0.377 e. The smallest absolute Gasteiger partial charge is 0.317 e. The highest BCUT2D eigenvalue weighted by molar-refractivity contribution is 6.03. The number of hydrogen-bond donors (Lipinski definition) is 1. The van der Waals surface area contributed by atoms with Crippen molar-refractivity contribution in [2.24, 2.45) is 22.7 Å². The van der Waals surface area contributed by atoms with Crippen molar-refractivity contribution in [1.82, 2.24) is 30.1 Å². The van der Waals surface area contributed by atoms with Crippen molar-refractivity contribution in [3.8, 4) is 0 Å². The SMILES string of the molecule is CC(C)(C)C1CN(C(=O)NCCOCCOCCOCCOCCOCCOCCOCCn2cc(CN3C(=O)CC(C(C)(C)C)C3=O)nn2)C1. The molecule has 0 spiro atoms. The molecule has 1 aromatic rings. The predicted octanol–water partition coefficient (Wildman–Crippen LogP) is 2.00. The Kier molecular flexibility index (Phi) is 18.7. The van der Waals surface area contributed by atoms with Crippen LogP contribution in [0.15, 0.2) is 6.20 Å². The first-order valence-electron chi connectivity index (χ1n) is 18.2.